The predicted octanol–water partition coefficient (Wildman–Crippen LogP) is 4.83. The van der Waals surface area contributed by atoms with Crippen LogP contribution in [-0.2, 0) is 30.3 Å². The van der Waals surface area contributed by atoms with Gasteiger partial charge in [-0.15, -0.1) is 0 Å². The van der Waals surface area contributed by atoms with Gasteiger partial charge < -0.3 is 18.9 Å². The van der Waals surface area contributed by atoms with Gasteiger partial charge in [-0.05, 0) is 30.5 Å². The van der Waals surface area contributed by atoms with Gasteiger partial charge in [0.05, 0.1) is 25.9 Å². The molecule has 0 spiro atoms. The highest BCUT2D eigenvalue weighted by Gasteiger charge is 2.41. The number of hydrogen-bond donors (Lipinski definition) is 0. The van der Waals surface area contributed by atoms with Crippen molar-refractivity contribution in [3.05, 3.63) is 47.5 Å². The topological polar surface area (TPSA) is 66.4 Å². The molecule has 32 heavy (non-hydrogen) atoms. The van der Waals surface area contributed by atoms with Crippen LogP contribution in [0.1, 0.15) is 25.3 Å². The predicted molar refractivity (Wildman–Crippen MR) is 128 cm³/mol. The second-order valence-corrected chi connectivity index (χ2v) is 15.3. The van der Waals surface area contributed by atoms with Crippen molar-refractivity contribution in [1.29, 1.82) is 0 Å². The zero-order valence-electron chi connectivity index (χ0n) is 19.8. The number of benzene rings is 1. The van der Waals surface area contributed by atoms with E-state index in [4.69, 9.17) is 18.9 Å². The van der Waals surface area contributed by atoms with Crippen molar-refractivity contribution in [2.24, 2.45) is 16.8 Å². The molecular weight excluding hydrogens is 422 g/mol. The standard InChI is InChI=1S/C25H37NO5Si/c1-5-30-25-23-14-21(31-16-19-9-7-6-8-10-19)13-20(22(23)15-24(27)26-25)17-29-18-28-11-12-32(2,3)4/h6-10,13,21-23H,5,11-12,14-18H2,1-4H3/t21-,22+,23-/m0/s1. The van der Waals surface area contributed by atoms with Gasteiger partial charge in [0.2, 0.25) is 5.91 Å². The number of carbonyl (C=O) groups excluding carboxylic acids is 1. The first-order valence-electron chi connectivity index (χ1n) is 11.6. The van der Waals surface area contributed by atoms with Crippen LogP contribution in [0.25, 0.3) is 0 Å². The third-order valence-corrected chi connectivity index (χ3v) is 7.53. The lowest BCUT2D eigenvalue weighted by atomic mass is 9.74. The second-order valence-electron chi connectivity index (χ2n) is 9.69. The molecule has 0 fully saturated rings. The highest BCUT2D eigenvalue weighted by Crippen LogP contribution is 2.38. The molecule has 6 nitrogen and oxygen atoms in total. The second kappa shape index (κ2) is 11.9. The fraction of sp³-hybridized carbons (Fsp3) is 0.600. The molecule has 0 bridgehead atoms. The number of fused-ring (bicyclic) bond motifs is 1. The van der Waals surface area contributed by atoms with E-state index in [-0.39, 0.29) is 30.6 Å². The molecule has 0 N–H and O–H groups in total. The Morgan fingerprint density at radius 1 is 1.06 bits per heavy atom. The molecule has 1 aliphatic carbocycles. The number of nitrogens with zero attached hydrogens (tertiary/aromatic N) is 1. The molecule has 3 atom stereocenters. The van der Waals surface area contributed by atoms with Gasteiger partial charge in [0.1, 0.15) is 6.79 Å². The van der Waals surface area contributed by atoms with E-state index in [0.29, 0.717) is 32.1 Å². The molecule has 7 heteroatoms. The smallest absolute Gasteiger partial charge is 0.249 e. The van der Waals surface area contributed by atoms with Crippen LogP contribution < -0.4 is 0 Å². The summed E-state index contributed by atoms with van der Waals surface area (Å²) in [6.07, 6.45) is 3.19. The number of carbonyl (C=O) groups is 1. The first kappa shape index (κ1) is 24.8. The number of amides is 1. The average Bonchev–Trinajstić information content (AvgIpc) is 2.75. The van der Waals surface area contributed by atoms with Gasteiger partial charge in [0.15, 0.2) is 5.90 Å². The van der Waals surface area contributed by atoms with Crippen LogP contribution in [0.4, 0.5) is 0 Å². The Bertz CT molecular complexity index is 802. The van der Waals surface area contributed by atoms with E-state index in [1.165, 1.54) is 0 Å². The number of hydrogen-bond acceptors (Lipinski definition) is 5. The van der Waals surface area contributed by atoms with E-state index in [2.05, 4.69) is 42.8 Å². The van der Waals surface area contributed by atoms with Crippen LogP contribution in [0.2, 0.25) is 25.7 Å². The summed E-state index contributed by atoms with van der Waals surface area (Å²) in [5.41, 5.74) is 2.21. The summed E-state index contributed by atoms with van der Waals surface area (Å²) in [5.74, 6) is 0.486. The minimum atomic E-state index is -1.12. The van der Waals surface area contributed by atoms with Crippen LogP contribution in [0.15, 0.2) is 47.0 Å². The van der Waals surface area contributed by atoms with Crippen molar-refractivity contribution in [3.63, 3.8) is 0 Å². The highest BCUT2D eigenvalue weighted by molar-refractivity contribution is 6.76. The van der Waals surface area contributed by atoms with E-state index < -0.39 is 8.07 Å². The first-order chi connectivity index (χ1) is 15.4. The van der Waals surface area contributed by atoms with Gasteiger partial charge >= 0.3 is 0 Å². The maximum absolute atomic E-state index is 12.3. The molecule has 0 saturated heterocycles. The molecule has 0 unspecified atom stereocenters. The normalized spacial score (nSPS) is 23.4. The van der Waals surface area contributed by atoms with Gasteiger partial charge in [0.25, 0.3) is 0 Å². The Morgan fingerprint density at radius 2 is 1.84 bits per heavy atom. The summed E-state index contributed by atoms with van der Waals surface area (Å²) < 4.78 is 23.5. The largest absolute Gasteiger partial charge is 0.481 e. The maximum atomic E-state index is 12.3. The molecule has 1 aliphatic heterocycles. The summed E-state index contributed by atoms with van der Waals surface area (Å²) >= 11 is 0. The van der Waals surface area contributed by atoms with Crippen LogP contribution in [0, 0.1) is 11.8 Å². The number of ether oxygens (including phenoxy) is 4. The summed E-state index contributed by atoms with van der Waals surface area (Å²) in [6, 6.07) is 11.3. The number of aliphatic imine (C=N–C) groups is 1. The van der Waals surface area contributed by atoms with Crippen molar-refractivity contribution in [2.75, 3.05) is 26.6 Å². The van der Waals surface area contributed by atoms with E-state index >= 15 is 0 Å². The van der Waals surface area contributed by atoms with Crippen LogP contribution in [0.5, 0.6) is 0 Å². The number of rotatable bonds is 11. The zero-order chi connectivity index (χ0) is 23.0. The summed E-state index contributed by atoms with van der Waals surface area (Å²) in [5, 5.41) is 0. The Morgan fingerprint density at radius 3 is 2.56 bits per heavy atom. The quantitative estimate of drug-likeness (QED) is 0.205. The minimum absolute atomic E-state index is 0.0323. The van der Waals surface area contributed by atoms with Gasteiger partial charge in [-0.3, -0.25) is 4.79 Å². The van der Waals surface area contributed by atoms with Crippen LogP contribution >= 0.6 is 0 Å². The van der Waals surface area contributed by atoms with Gasteiger partial charge in [0, 0.05) is 32.9 Å². The van der Waals surface area contributed by atoms with Crippen molar-refractivity contribution in [3.8, 4) is 0 Å². The molecule has 0 saturated carbocycles. The highest BCUT2D eigenvalue weighted by atomic mass is 28.3. The lowest BCUT2D eigenvalue weighted by Crippen LogP contribution is -2.40. The molecular formula is C25H37NO5Si. The van der Waals surface area contributed by atoms with E-state index in [9.17, 15) is 4.79 Å². The summed E-state index contributed by atoms with van der Waals surface area (Å²) in [7, 11) is -1.12. The fourth-order valence-corrected chi connectivity index (χ4v) is 4.84. The van der Waals surface area contributed by atoms with Crippen molar-refractivity contribution < 1.29 is 23.7 Å². The van der Waals surface area contributed by atoms with Gasteiger partial charge in [-0.1, -0.05) is 56.0 Å². The molecule has 2 aliphatic rings. The molecule has 0 aromatic heterocycles. The summed E-state index contributed by atoms with van der Waals surface area (Å²) in [4.78, 5) is 16.5. The van der Waals surface area contributed by atoms with E-state index in [1.54, 1.807) is 0 Å². The third-order valence-electron chi connectivity index (χ3n) is 5.83. The first-order valence-corrected chi connectivity index (χ1v) is 15.3. The lowest BCUT2D eigenvalue weighted by molar-refractivity contribution is -0.119. The monoisotopic (exact) mass is 459 g/mol. The molecule has 1 heterocycles. The van der Waals surface area contributed by atoms with Crippen LogP contribution in [-0.4, -0.2) is 52.6 Å². The Hall–Kier alpha value is -1.80. The maximum Gasteiger partial charge on any atom is 0.249 e. The van der Waals surface area contributed by atoms with Gasteiger partial charge in [-0.2, -0.15) is 4.99 Å². The van der Waals surface area contributed by atoms with Crippen LogP contribution in [0.3, 0.4) is 0 Å². The summed E-state index contributed by atoms with van der Waals surface area (Å²) in [6.45, 7) is 11.3. The zero-order valence-corrected chi connectivity index (χ0v) is 20.8. The fourth-order valence-electron chi connectivity index (χ4n) is 4.08. The van der Waals surface area contributed by atoms with Crippen molar-refractivity contribution in [1.82, 2.24) is 0 Å². The van der Waals surface area contributed by atoms with Gasteiger partial charge in [-0.25, -0.2) is 0 Å². The van der Waals surface area contributed by atoms with E-state index in [0.717, 1.165) is 30.2 Å². The lowest BCUT2D eigenvalue weighted by Gasteiger charge is -2.37. The Balaban J connectivity index is 1.64. The average molecular weight is 460 g/mol. The molecule has 1 aromatic carbocycles. The third kappa shape index (κ3) is 7.66. The van der Waals surface area contributed by atoms with Crippen molar-refractivity contribution >= 4 is 19.9 Å². The van der Waals surface area contributed by atoms with Crippen molar-refractivity contribution in [2.45, 2.75) is 58.2 Å². The molecule has 1 amide bonds. The Labute approximate surface area is 193 Å². The van der Waals surface area contributed by atoms with E-state index in [1.807, 2.05) is 25.1 Å². The molecule has 176 valence electrons. The molecule has 3 rings (SSSR count). The molecule has 0 radical (unpaired) electrons. The SMILES string of the molecule is CCOC1=NC(=O)C[C@@H]2C(COCOCC[Si](C)(C)C)=C[C@H](OCc3ccccc3)C[C@H]12. The molecule has 1 aromatic rings. The minimum Gasteiger partial charge on any atom is -0.481 e. The Kier molecular flexibility index (Phi) is 9.22.